The molecule has 1 unspecified atom stereocenters. The second-order valence-electron chi connectivity index (χ2n) is 8.64. The molecule has 0 radical (unpaired) electrons. The van der Waals surface area contributed by atoms with E-state index < -0.39 is 12.7 Å². The van der Waals surface area contributed by atoms with Gasteiger partial charge in [0.1, 0.15) is 5.75 Å². The fraction of sp³-hybridized carbons (Fsp3) is 0.591. The van der Waals surface area contributed by atoms with Crippen LogP contribution in [0.2, 0.25) is 0 Å². The molecule has 1 aromatic carbocycles. The molecule has 1 aromatic heterocycles. The first-order valence-corrected chi connectivity index (χ1v) is 11.1. The van der Waals surface area contributed by atoms with Gasteiger partial charge in [0, 0.05) is 37.7 Å². The highest BCUT2D eigenvalue weighted by atomic mass is 19.4. The van der Waals surface area contributed by atoms with Gasteiger partial charge in [-0.05, 0) is 56.0 Å². The van der Waals surface area contributed by atoms with Crippen molar-refractivity contribution in [3.05, 3.63) is 24.3 Å². The number of hydrogen-bond donors (Lipinski definition) is 1. The number of likely N-dealkylation sites (tertiary alicyclic amines) is 1. The molecule has 1 amide bonds. The van der Waals surface area contributed by atoms with Crippen molar-refractivity contribution < 1.29 is 27.2 Å². The number of ether oxygens (including phenoxy) is 1. The average molecular weight is 467 g/mol. The molecule has 2 aromatic rings. The molecule has 3 heterocycles. The van der Waals surface area contributed by atoms with Crippen LogP contribution in [0, 0.1) is 11.8 Å². The van der Waals surface area contributed by atoms with Gasteiger partial charge in [-0.1, -0.05) is 5.16 Å². The summed E-state index contributed by atoms with van der Waals surface area (Å²) in [4.78, 5) is 20.4. The van der Waals surface area contributed by atoms with Crippen LogP contribution in [0.25, 0.3) is 11.4 Å². The van der Waals surface area contributed by atoms with Crippen LogP contribution in [0.15, 0.2) is 28.8 Å². The van der Waals surface area contributed by atoms with Gasteiger partial charge in [0.25, 0.3) is 0 Å². The van der Waals surface area contributed by atoms with E-state index in [0.29, 0.717) is 63.8 Å². The molecule has 0 aliphatic carbocycles. The number of methoxy groups -OCH3 is 1. The monoisotopic (exact) mass is 467 g/mol. The standard InChI is InChI=1S/C22H28F3N5O3/c1-32-18-4-2-16(3-5-18)19-27-21(33-28-19)30-10-7-17(8-11-30)20(31)26-12-15-6-9-29(13-15)14-22(23,24)25/h2-5,15,17H,6-14H2,1H3,(H,26,31). The Bertz CT molecular complexity index is 926. The summed E-state index contributed by atoms with van der Waals surface area (Å²) in [6.45, 7) is 1.55. The summed E-state index contributed by atoms with van der Waals surface area (Å²) in [5.74, 6) is 1.13. The molecule has 11 heteroatoms. The number of amides is 1. The highest BCUT2D eigenvalue weighted by Gasteiger charge is 2.35. The normalized spacial score (nSPS) is 20.2. The summed E-state index contributed by atoms with van der Waals surface area (Å²) in [5.41, 5.74) is 0.820. The maximum Gasteiger partial charge on any atom is 0.401 e. The number of aromatic nitrogens is 2. The number of carbonyl (C=O) groups is 1. The van der Waals surface area contributed by atoms with E-state index in [1.807, 2.05) is 29.2 Å². The minimum Gasteiger partial charge on any atom is -0.497 e. The molecule has 180 valence electrons. The fourth-order valence-electron chi connectivity index (χ4n) is 4.40. The first-order valence-electron chi connectivity index (χ1n) is 11.1. The van der Waals surface area contributed by atoms with Crippen molar-refractivity contribution >= 4 is 11.9 Å². The van der Waals surface area contributed by atoms with Crippen LogP contribution in [0.1, 0.15) is 19.3 Å². The Morgan fingerprint density at radius 2 is 1.91 bits per heavy atom. The zero-order valence-corrected chi connectivity index (χ0v) is 18.5. The molecule has 2 saturated heterocycles. The van der Waals surface area contributed by atoms with Crippen LogP contribution in [0.3, 0.4) is 0 Å². The summed E-state index contributed by atoms with van der Waals surface area (Å²) in [6, 6.07) is 7.80. The van der Waals surface area contributed by atoms with Crippen molar-refractivity contribution in [3.63, 3.8) is 0 Å². The highest BCUT2D eigenvalue weighted by molar-refractivity contribution is 5.79. The number of halogens is 3. The Kier molecular flexibility index (Phi) is 7.06. The van der Waals surface area contributed by atoms with Gasteiger partial charge in [-0.3, -0.25) is 9.69 Å². The van der Waals surface area contributed by atoms with E-state index in [0.717, 1.165) is 11.3 Å². The fourth-order valence-corrected chi connectivity index (χ4v) is 4.40. The SMILES string of the molecule is COc1ccc(-c2noc(N3CCC(C(=O)NCC4CCN(CC(F)(F)F)C4)CC3)n2)cc1. The van der Waals surface area contributed by atoms with Gasteiger partial charge in [0.2, 0.25) is 11.7 Å². The van der Waals surface area contributed by atoms with Crippen molar-refractivity contribution in [3.8, 4) is 17.1 Å². The summed E-state index contributed by atoms with van der Waals surface area (Å²) in [5, 5.41) is 6.99. The number of piperidine rings is 1. The molecule has 2 fully saturated rings. The van der Waals surface area contributed by atoms with Crippen molar-refractivity contribution in [2.45, 2.75) is 25.4 Å². The molecular formula is C22H28F3N5O3. The number of carbonyl (C=O) groups excluding carboxylic acids is 1. The minimum absolute atomic E-state index is 0.0339. The lowest BCUT2D eigenvalue weighted by molar-refractivity contribution is -0.143. The number of benzene rings is 1. The second kappa shape index (κ2) is 9.98. The van der Waals surface area contributed by atoms with Crippen LogP contribution in [0.5, 0.6) is 5.75 Å². The van der Waals surface area contributed by atoms with Crippen molar-refractivity contribution in [1.29, 1.82) is 0 Å². The number of hydrogen-bond acceptors (Lipinski definition) is 7. The summed E-state index contributed by atoms with van der Waals surface area (Å²) in [7, 11) is 1.60. The van der Waals surface area contributed by atoms with Crippen LogP contribution < -0.4 is 15.0 Å². The lowest BCUT2D eigenvalue weighted by atomic mass is 9.96. The number of anilines is 1. The summed E-state index contributed by atoms with van der Waals surface area (Å²) < 4.78 is 48.2. The Hall–Kier alpha value is -2.82. The third-order valence-corrected chi connectivity index (χ3v) is 6.24. The molecule has 1 atom stereocenters. The van der Waals surface area contributed by atoms with E-state index in [4.69, 9.17) is 9.26 Å². The first-order chi connectivity index (χ1) is 15.8. The van der Waals surface area contributed by atoms with E-state index in [-0.39, 0.29) is 17.7 Å². The number of alkyl halides is 3. The molecule has 2 aliphatic rings. The van der Waals surface area contributed by atoms with Gasteiger partial charge < -0.3 is 19.5 Å². The first kappa shape index (κ1) is 23.3. The van der Waals surface area contributed by atoms with Gasteiger partial charge in [-0.25, -0.2) is 0 Å². The Labute approximate surface area is 190 Å². The third-order valence-electron chi connectivity index (χ3n) is 6.24. The van der Waals surface area contributed by atoms with Crippen molar-refractivity contribution in [2.24, 2.45) is 11.8 Å². The Balaban J connectivity index is 1.21. The zero-order valence-electron chi connectivity index (χ0n) is 18.5. The molecule has 0 spiro atoms. The molecular weight excluding hydrogens is 439 g/mol. The van der Waals surface area contributed by atoms with E-state index in [9.17, 15) is 18.0 Å². The second-order valence-corrected chi connectivity index (χ2v) is 8.64. The Morgan fingerprint density at radius 1 is 1.18 bits per heavy atom. The third kappa shape index (κ3) is 6.16. The number of nitrogens with zero attached hydrogens (tertiary/aromatic N) is 4. The molecule has 4 rings (SSSR count). The van der Waals surface area contributed by atoms with Gasteiger partial charge in [-0.2, -0.15) is 18.2 Å². The average Bonchev–Trinajstić information content (AvgIpc) is 3.46. The molecule has 33 heavy (non-hydrogen) atoms. The van der Waals surface area contributed by atoms with Crippen LogP contribution >= 0.6 is 0 Å². The van der Waals surface area contributed by atoms with E-state index in [1.165, 1.54) is 4.90 Å². The number of nitrogens with one attached hydrogen (secondary N) is 1. The Morgan fingerprint density at radius 3 is 2.58 bits per heavy atom. The maximum atomic E-state index is 12.6. The van der Waals surface area contributed by atoms with Crippen LogP contribution in [-0.2, 0) is 4.79 Å². The lowest BCUT2D eigenvalue weighted by Crippen LogP contribution is -2.42. The van der Waals surface area contributed by atoms with Gasteiger partial charge in [-0.15, -0.1) is 0 Å². The summed E-state index contributed by atoms with van der Waals surface area (Å²) in [6.07, 6.45) is -2.21. The minimum atomic E-state index is -4.18. The zero-order chi connectivity index (χ0) is 23.4. The molecule has 0 saturated carbocycles. The smallest absolute Gasteiger partial charge is 0.401 e. The van der Waals surface area contributed by atoms with Gasteiger partial charge in [0.05, 0.1) is 13.7 Å². The van der Waals surface area contributed by atoms with Gasteiger partial charge in [0.15, 0.2) is 0 Å². The van der Waals surface area contributed by atoms with Crippen molar-refractivity contribution in [1.82, 2.24) is 20.4 Å². The lowest BCUT2D eigenvalue weighted by Gasteiger charge is -2.30. The largest absolute Gasteiger partial charge is 0.497 e. The van der Waals surface area contributed by atoms with E-state index >= 15 is 0 Å². The van der Waals surface area contributed by atoms with E-state index in [2.05, 4.69) is 15.5 Å². The van der Waals surface area contributed by atoms with Crippen molar-refractivity contribution in [2.75, 3.05) is 51.3 Å². The molecule has 8 nitrogen and oxygen atoms in total. The molecule has 2 aliphatic heterocycles. The van der Waals surface area contributed by atoms with Crippen LogP contribution in [-0.4, -0.2) is 73.5 Å². The maximum absolute atomic E-state index is 12.6. The molecule has 0 bridgehead atoms. The predicted octanol–water partition coefficient (Wildman–Crippen LogP) is 2.96. The predicted molar refractivity (Wildman–Crippen MR) is 115 cm³/mol. The molecule has 1 N–H and O–H groups in total. The number of rotatable bonds is 7. The van der Waals surface area contributed by atoms with Crippen LogP contribution in [0.4, 0.5) is 19.2 Å². The quantitative estimate of drug-likeness (QED) is 0.670. The van der Waals surface area contributed by atoms with E-state index in [1.54, 1.807) is 7.11 Å². The highest BCUT2D eigenvalue weighted by Crippen LogP contribution is 2.26. The topological polar surface area (TPSA) is 83.7 Å². The summed E-state index contributed by atoms with van der Waals surface area (Å²) >= 11 is 0. The van der Waals surface area contributed by atoms with Gasteiger partial charge >= 0.3 is 12.2 Å².